The van der Waals surface area contributed by atoms with E-state index in [9.17, 15) is 9.59 Å². The van der Waals surface area contributed by atoms with E-state index in [1.54, 1.807) is 0 Å². The molecule has 0 fully saturated rings. The quantitative estimate of drug-likeness (QED) is 0.326. The first-order valence-electron chi connectivity index (χ1n) is 8.18. The second-order valence-electron chi connectivity index (χ2n) is 5.04. The van der Waals surface area contributed by atoms with Crippen molar-refractivity contribution in [3.05, 3.63) is 11.1 Å². The number of ether oxygens (including phenoxy) is 2. The van der Waals surface area contributed by atoms with Gasteiger partial charge in [-0.2, -0.15) is 0 Å². The van der Waals surface area contributed by atoms with E-state index >= 15 is 0 Å². The Balaban J connectivity index is 4.92. The number of hydrogen-bond acceptors (Lipinski definition) is 4. The summed E-state index contributed by atoms with van der Waals surface area (Å²) in [5, 5.41) is 0. The predicted molar refractivity (Wildman–Crippen MR) is 84.0 cm³/mol. The van der Waals surface area contributed by atoms with Crippen LogP contribution in [-0.2, 0) is 19.1 Å². The van der Waals surface area contributed by atoms with Crippen LogP contribution in [0, 0.1) is 0 Å². The highest BCUT2D eigenvalue weighted by Crippen LogP contribution is 2.18. The fraction of sp³-hybridized carbons (Fsp3) is 0.765. The van der Waals surface area contributed by atoms with Gasteiger partial charge in [-0.15, -0.1) is 0 Å². The second-order valence-corrected chi connectivity index (χ2v) is 5.04. The molecule has 0 rings (SSSR count). The van der Waals surface area contributed by atoms with Crippen molar-refractivity contribution in [3.8, 4) is 0 Å². The molecular formula is C17H30O4. The third-order valence-electron chi connectivity index (χ3n) is 3.17. The molecule has 0 aliphatic rings. The maximum absolute atomic E-state index is 12.2. The number of hydrogen-bond donors (Lipinski definition) is 0. The van der Waals surface area contributed by atoms with Gasteiger partial charge in [0.1, 0.15) is 0 Å². The Morgan fingerprint density at radius 2 is 1.19 bits per heavy atom. The van der Waals surface area contributed by atoms with Gasteiger partial charge in [0, 0.05) is 11.1 Å². The summed E-state index contributed by atoms with van der Waals surface area (Å²) >= 11 is 0. The van der Waals surface area contributed by atoms with Gasteiger partial charge in [0.05, 0.1) is 13.2 Å². The van der Waals surface area contributed by atoms with E-state index in [0.29, 0.717) is 37.2 Å². The molecule has 0 saturated carbocycles. The molecule has 0 spiro atoms. The van der Waals surface area contributed by atoms with Gasteiger partial charge in [-0.3, -0.25) is 0 Å². The van der Waals surface area contributed by atoms with Crippen molar-refractivity contribution in [2.75, 3.05) is 13.2 Å². The Labute approximate surface area is 128 Å². The number of carbonyl (C=O) groups is 2. The Hall–Kier alpha value is -1.32. The molecule has 0 radical (unpaired) electrons. The summed E-state index contributed by atoms with van der Waals surface area (Å²) in [7, 11) is 0. The molecule has 0 atom stereocenters. The SMILES string of the molecule is CCCCOC(=O)/C(CC)=C(/CCC)C(=O)OCCCC. The first-order chi connectivity index (χ1) is 10.1. The van der Waals surface area contributed by atoms with Gasteiger partial charge in [0.15, 0.2) is 0 Å². The van der Waals surface area contributed by atoms with Crippen LogP contribution in [0.25, 0.3) is 0 Å². The molecule has 0 unspecified atom stereocenters. The average Bonchev–Trinajstić information content (AvgIpc) is 2.47. The highest BCUT2D eigenvalue weighted by atomic mass is 16.5. The van der Waals surface area contributed by atoms with Crippen LogP contribution in [0.15, 0.2) is 11.1 Å². The molecule has 21 heavy (non-hydrogen) atoms. The van der Waals surface area contributed by atoms with Crippen LogP contribution < -0.4 is 0 Å². The first-order valence-corrected chi connectivity index (χ1v) is 8.18. The second kappa shape index (κ2) is 12.4. The van der Waals surface area contributed by atoms with Crippen LogP contribution in [0.4, 0.5) is 0 Å². The summed E-state index contributed by atoms with van der Waals surface area (Å²) < 4.78 is 10.5. The summed E-state index contributed by atoms with van der Waals surface area (Å²) in [6.45, 7) is 8.74. The minimum atomic E-state index is -0.373. The van der Waals surface area contributed by atoms with Crippen molar-refractivity contribution in [2.24, 2.45) is 0 Å². The molecule has 4 nitrogen and oxygen atoms in total. The molecule has 0 bridgehead atoms. The Morgan fingerprint density at radius 1 is 0.714 bits per heavy atom. The van der Waals surface area contributed by atoms with Crippen molar-refractivity contribution in [2.45, 2.75) is 72.6 Å². The van der Waals surface area contributed by atoms with E-state index in [0.717, 1.165) is 32.1 Å². The minimum Gasteiger partial charge on any atom is -0.462 e. The van der Waals surface area contributed by atoms with Crippen molar-refractivity contribution >= 4 is 11.9 Å². The Bertz CT molecular complexity index is 345. The van der Waals surface area contributed by atoms with E-state index in [1.165, 1.54) is 0 Å². The average molecular weight is 298 g/mol. The first kappa shape index (κ1) is 19.7. The standard InChI is InChI=1S/C17H30O4/c1-5-9-12-20-16(18)14(8-4)15(11-7-3)17(19)21-13-10-6-2/h5-13H2,1-4H3/b15-14-. The highest BCUT2D eigenvalue weighted by molar-refractivity contribution is 6.00. The fourth-order valence-electron chi connectivity index (χ4n) is 1.90. The van der Waals surface area contributed by atoms with E-state index in [1.807, 2.05) is 27.7 Å². The van der Waals surface area contributed by atoms with Crippen molar-refractivity contribution < 1.29 is 19.1 Å². The zero-order chi connectivity index (χ0) is 16.1. The molecule has 0 N–H and O–H groups in total. The normalized spacial score (nSPS) is 11.8. The maximum atomic E-state index is 12.2. The predicted octanol–water partition coefficient (Wildman–Crippen LogP) is 4.18. The molecule has 122 valence electrons. The van der Waals surface area contributed by atoms with Crippen LogP contribution in [0.3, 0.4) is 0 Å². The maximum Gasteiger partial charge on any atom is 0.334 e. The van der Waals surface area contributed by atoms with Crippen LogP contribution in [0.1, 0.15) is 72.6 Å². The Kier molecular flexibility index (Phi) is 11.6. The van der Waals surface area contributed by atoms with Crippen LogP contribution in [0.2, 0.25) is 0 Å². The number of carbonyl (C=O) groups excluding carboxylic acids is 2. The lowest BCUT2D eigenvalue weighted by Crippen LogP contribution is -2.17. The van der Waals surface area contributed by atoms with E-state index in [2.05, 4.69) is 0 Å². The summed E-state index contributed by atoms with van der Waals surface area (Å²) in [4.78, 5) is 24.3. The van der Waals surface area contributed by atoms with Gasteiger partial charge in [0.25, 0.3) is 0 Å². The molecule has 0 aromatic heterocycles. The monoisotopic (exact) mass is 298 g/mol. The lowest BCUT2D eigenvalue weighted by atomic mass is 10.0. The van der Waals surface area contributed by atoms with Gasteiger partial charge in [-0.25, -0.2) is 9.59 Å². The summed E-state index contributed by atoms with van der Waals surface area (Å²) in [5.41, 5.74) is 0.951. The summed E-state index contributed by atoms with van der Waals surface area (Å²) in [6.07, 6.45) is 5.46. The van der Waals surface area contributed by atoms with Crippen LogP contribution in [0.5, 0.6) is 0 Å². The van der Waals surface area contributed by atoms with Crippen LogP contribution >= 0.6 is 0 Å². The van der Waals surface area contributed by atoms with Gasteiger partial charge in [-0.1, -0.05) is 47.0 Å². The number of unbranched alkanes of at least 4 members (excludes halogenated alkanes) is 2. The van der Waals surface area contributed by atoms with E-state index in [4.69, 9.17) is 9.47 Å². The van der Waals surface area contributed by atoms with Gasteiger partial charge in [-0.05, 0) is 25.7 Å². The van der Waals surface area contributed by atoms with E-state index < -0.39 is 0 Å². The van der Waals surface area contributed by atoms with Crippen molar-refractivity contribution in [1.82, 2.24) is 0 Å². The smallest absolute Gasteiger partial charge is 0.334 e. The van der Waals surface area contributed by atoms with Crippen molar-refractivity contribution in [3.63, 3.8) is 0 Å². The molecule has 0 aliphatic heterocycles. The number of rotatable bonds is 11. The molecule has 0 heterocycles. The molecule has 4 heteroatoms. The molecule has 0 aromatic rings. The zero-order valence-corrected chi connectivity index (χ0v) is 14.0. The van der Waals surface area contributed by atoms with Crippen LogP contribution in [-0.4, -0.2) is 25.2 Å². The molecule has 0 amide bonds. The topological polar surface area (TPSA) is 52.6 Å². The Morgan fingerprint density at radius 3 is 1.57 bits per heavy atom. The van der Waals surface area contributed by atoms with Gasteiger partial charge >= 0.3 is 11.9 Å². The summed E-state index contributed by atoms with van der Waals surface area (Å²) in [5.74, 6) is -0.739. The van der Waals surface area contributed by atoms with Crippen molar-refractivity contribution in [1.29, 1.82) is 0 Å². The fourth-order valence-corrected chi connectivity index (χ4v) is 1.90. The zero-order valence-electron chi connectivity index (χ0n) is 14.0. The third kappa shape index (κ3) is 7.88. The third-order valence-corrected chi connectivity index (χ3v) is 3.17. The minimum absolute atomic E-state index is 0.366. The lowest BCUT2D eigenvalue weighted by molar-refractivity contribution is -0.142. The number of esters is 2. The molecular weight excluding hydrogens is 268 g/mol. The summed E-state index contributed by atoms with van der Waals surface area (Å²) in [6, 6.07) is 0. The van der Waals surface area contributed by atoms with E-state index in [-0.39, 0.29) is 11.9 Å². The largest absolute Gasteiger partial charge is 0.462 e. The van der Waals surface area contributed by atoms with Gasteiger partial charge in [0.2, 0.25) is 0 Å². The molecule has 0 aliphatic carbocycles. The molecule has 0 saturated heterocycles. The highest BCUT2D eigenvalue weighted by Gasteiger charge is 2.21. The molecule has 0 aromatic carbocycles. The lowest BCUT2D eigenvalue weighted by Gasteiger charge is -2.13. The van der Waals surface area contributed by atoms with Gasteiger partial charge < -0.3 is 9.47 Å².